The SMILES string of the molecule is CC/C(C)=C(/C=C(/C)O)NC(=O)CC[C@@H]1C/C(=N\O)[C@@]2(C)CCC3c4cccc(F)c4CCC3C12. The predicted octanol–water partition coefficient (Wildman–Crippen LogP) is 6.78. The number of aliphatic hydroxyl groups excluding tert-OH is 1. The van der Waals surface area contributed by atoms with Gasteiger partial charge in [-0.1, -0.05) is 31.1 Å². The van der Waals surface area contributed by atoms with E-state index in [0.717, 1.165) is 54.5 Å². The molecule has 3 aliphatic carbocycles. The molecule has 6 heteroatoms. The first-order valence-corrected chi connectivity index (χ1v) is 13.0. The fraction of sp³-hybridized carbons (Fsp3) is 0.586. The predicted molar refractivity (Wildman–Crippen MR) is 136 cm³/mol. The number of nitrogens with zero attached hydrogens (tertiary/aromatic N) is 1. The number of allylic oxidation sites excluding steroid dienone is 3. The molecule has 4 rings (SSSR count). The molecule has 3 aliphatic rings. The number of oxime groups is 1. The van der Waals surface area contributed by atoms with Crippen molar-refractivity contribution in [1.29, 1.82) is 0 Å². The highest BCUT2D eigenvalue weighted by molar-refractivity contribution is 5.92. The van der Waals surface area contributed by atoms with Crippen LogP contribution in [0, 0.1) is 29.0 Å². The van der Waals surface area contributed by atoms with E-state index in [4.69, 9.17) is 0 Å². The molecule has 5 nitrogen and oxygen atoms in total. The molecule has 1 aromatic rings. The number of nitrogens with one attached hydrogen (secondary N) is 1. The quantitative estimate of drug-likeness (QED) is 0.181. The third-order valence-electron chi connectivity index (χ3n) is 9.07. The minimum absolute atomic E-state index is 0.0650. The van der Waals surface area contributed by atoms with Crippen molar-refractivity contribution in [3.8, 4) is 0 Å². The second kappa shape index (κ2) is 10.2. The van der Waals surface area contributed by atoms with Gasteiger partial charge in [0.15, 0.2) is 0 Å². The highest BCUT2D eigenvalue weighted by atomic mass is 19.1. The third kappa shape index (κ3) is 4.76. The van der Waals surface area contributed by atoms with Gasteiger partial charge in [0.25, 0.3) is 0 Å². The van der Waals surface area contributed by atoms with E-state index in [1.807, 2.05) is 19.9 Å². The maximum atomic E-state index is 14.5. The Balaban J connectivity index is 1.54. The van der Waals surface area contributed by atoms with Crippen LogP contribution in [0.2, 0.25) is 0 Å². The minimum Gasteiger partial charge on any atom is -0.513 e. The largest absolute Gasteiger partial charge is 0.513 e. The van der Waals surface area contributed by atoms with Crippen LogP contribution in [0.5, 0.6) is 0 Å². The number of rotatable bonds is 6. The van der Waals surface area contributed by atoms with E-state index in [9.17, 15) is 19.5 Å². The summed E-state index contributed by atoms with van der Waals surface area (Å²) < 4.78 is 14.5. The van der Waals surface area contributed by atoms with E-state index < -0.39 is 0 Å². The number of hydrogen-bond acceptors (Lipinski definition) is 4. The van der Waals surface area contributed by atoms with E-state index in [1.165, 1.54) is 0 Å². The monoisotopic (exact) mass is 482 g/mol. The van der Waals surface area contributed by atoms with Gasteiger partial charge in [-0.25, -0.2) is 4.39 Å². The normalized spacial score (nSPS) is 31.9. The molecule has 0 bridgehead atoms. The molecule has 0 saturated heterocycles. The lowest BCUT2D eigenvalue weighted by molar-refractivity contribution is -0.120. The van der Waals surface area contributed by atoms with E-state index in [-0.39, 0.29) is 28.8 Å². The second-order valence-corrected chi connectivity index (χ2v) is 11.0. The Morgan fingerprint density at radius 3 is 2.77 bits per heavy atom. The van der Waals surface area contributed by atoms with Gasteiger partial charge in [-0.05, 0) is 111 Å². The zero-order chi connectivity index (χ0) is 25.3. The zero-order valence-corrected chi connectivity index (χ0v) is 21.4. The average Bonchev–Trinajstić information content (AvgIpc) is 3.13. The van der Waals surface area contributed by atoms with E-state index in [1.54, 1.807) is 19.1 Å². The smallest absolute Gasteiger partial charge is 0.224 e. The summed E-state index contributed by atoms with van der Waals surface area (Å²) in [6.45, 7) is 7.79. The number of carbonyl (C=O) groups excluding carboxylic acids is 1. The summed E-state index contributed by atoms with van der Waals surface area (Å²) in [5.41, 5.74) is 4.39. The van der Waals surface area contributed by atoms with E-state index >= 15 is 0 Å². The standard InChI is InChI=1S/C29H39FN2O3/c1-5-17(2)25(15-18(3)33)31-27(34)12-9-19-16-26(32-35)29(4)14-13-21-20-7-6-8-24(30)22(20)10-11-23(21)28(19)29/h6-8,15,19,21,23,28,33,35H,5,9-14,16H2,1-4H3,(H,31,34)/b18-15-,25-17-,32-26+/t19-,21?,23?,28?,29-/m1/s1. The highest BCUT2D eigenvalue weighted by Crippen LogP contribution is 2.62. The number of benzene rings is 1. The van der Waals surface area contributed by atoms with Crippen LogP contribution in [0.25, 0.3) is 0 Å². The summed E-state index contributed by atoms with van der Waals surface area (Å²) >= 11 is 0. The Labute approximate surface area is 208 Å². The zero-order valence-electron chi connectivity index (χ0n) is 21.4. The molecule has 35 heavy (non-hydrogen) atoms. The molecular weight excluding hydrogens is 443 g/mol. The number of aliphatic hydroxyl groups is 1. The van der Waals surface area contributed by atoms with Crippen LogP contribution in [0.1, 0.15) is 89.7 Å². The summed E-state index contributed by atoms with van der Waals surface area (Å²) in [5, 5.41) is 26.3. The molecule has 0 aliphatic heterocycles. The fourth-order valence-corrected chi connectivity index (χ4v) is 7.27. The van der Waals surface area contributed by atoms with Crippen molar-refractivity contribution in [3.05, 3.63) is 58.2 Å². The maximum Gasteiger partial charge on any atom is 0.224 e. The van der Waals surface area contributed by atoms with Gasteiger partial charge in [-0.3, -0.25) is 4.79 Å². The highest BCUT2D eigenvalue weighted by Gasteiger charge is 2.57. The Hall–Kier alpha value is -2.63. The molecule has 3 N–H and O–H groups in total. The molecule has 0 radical (unpaired) electrons. The van der Waals surface area contributed by atoms with Crippen molar-refractivity contribution in [2.45, 2.75) is 85.0 Å². The van der Waals surface area contributed by atoms with Gasteiger partial charge < -0.3 is 15.6 Å². The van der Waals surface area contributed by atoms with Gasteiger partial charge in [0.1, 0.15) is 5.82 Å². The van der Waals surface area contributed by atoms with Gasteiger partial charge in [0.2, 0.25) is 5.91 Å². The second-order valence-electron chi connectivity index (χ2n) is 11.0. The van der Waals surface area contributed by atoms with Crippen LogP contribution in [0.15, 0.2) is 46.5 Å². The van der Waals surface area contributed by atoms with E-state index in [0.29, 0.717) is 42.7 Å². The summed E-state index contributed by atoms with van der Waals surface area (Å²) in [5.74, 6) is 1.27. The molecule has 3 unspecified atom stereocenters. The van der Waals surface area contributed by atoms with E-state index in [2.05, 4.69) is 23.5 Å². The topological polar surface area (TPSA) is 81.9 Å². The van der Waals surface area contributed by atoms with Crippen molar-refractivity contribution in [1.82, 2.24) is 5.32 Å². The first kappa shape index (κ1) is 25.5. The minimum atomic E-state index is -0.178. The summed E-state index contributed by atoms with van der Waals surface area (Å²) in [6, 6.07) is 5.49. The van der Waals surface area contributed by atoms with Gasteiger partial charge in [0, 0.05) is 17.5 Å². The van der Waals surface area contributed by atoms with Crippen molar-refractivity contribution in [2.24, 2.45) is 28.3 Å². The molecule has 1 amide bonds. The van der Waals surface area contributed by atoms with Gasteiger partial charge >= 0.3 is 0 Å². The molecule has 2 saturated carbocycles. The Morgan fingerprint density at radius 1 is 1.31 bits per heavy atom. The van der Waals surface area contributed by atoms with Gasteiger partial charge in [0.05, 0.1) is 11.5 Å². The number of carbonyl (C=O) groups is 1. The first-order chi connectivity index (χ1) is 16.7. The van der Waals surface area contributed by atoms with Crippen LogP contribution in [-0.2, 0) is 11.2 Å². The molecular formula is C29H39FN2O3. The number of fused-ring (bicyclic) bond motifs is 5. The summed E-state index contributed by atoms with van der Waals surface area (Å²) in [7, 11) is 0. The fourth-order valence-electron chi connectivity index (χ4n) is 7.27. The molecule has 5 atom stereocenters. The maximum absolute atomic E-state index is 14.5. The van der Waals surface area contributed by atoms with Crippen LogP contribution >= 0.6 is 0 Å². The third-order valence-corrected chi connectivity index (χ3v) is 9.07. The van der Waals surface area contributed by atoms with Crippen LogP contribution in [0.3, 0.4) is 0 Å². The van der Waals surface area contributed by atoms with Crippen molar-refractivity contribution in [2.75, 3.05) is 0 Å². The first-order valence-electron chi connectivity index (χ1n) is 13.0. The number of amides is 1. The van der Waals surface area contributed by atoms with Crippen LogP contribution in [0.4, 0.5) is 4.39 Å². The van der Waals surface area contributed by atoms with Gasteiger partial charge in [-0.15, -0.1) is 0 Å². The van der Waals surface area contributed by atoms with Crippen LogP contribution in [-0.4, -0.2) is 21.9 Å². The average molecular weight is 483 g/mol. The van der Waals surface area contributed by atoms with Crippen molar-refractivity contribution in [3.63, 3.8) is 0 Å². The number of hydrogen-bond donors (Lipinski definition) is 3. The molecule has 0 spiro atoms. The van der Waals surface area contributed by atoms with Crippen molar-refractivity contribution < 1.29 is 19.5 Å². The lowest BCUT2D eigenvalue weighted by Crippen LogP contribution is -2.44. The number of halogens is 1. The molecule has 0 aromatic heterocycles. The molecule has 1 aromatic carbocycles. The van der Waals surface area contributed by atoms with Crippen molar-refractivity contribution >= 4 is 11.6 Å². The van der Waals surface area contributed by atoms with Gasteiger partial charge in [-0.2, -0.15) is 0 Å². The molecule has 2 fully saturated rings. The van der Waals surface area contributed by atoms with Crippen LogP contribution < -0.4 is 5.32 Å². The summed E-state index contributed by atoms with van der Waals surface area (Å²) in [4.78, 5) is 12.9. The molecule has 0 heterocycles. The Morgan fingerprint density at radius 2 is 2.09 bits per heavy atom. The lowest BCUT2D eigenvalue weighted by atomic mass is 9.54. The molecule has 190 valence electrons. The Kier molecular flexibility index (Phi) is 7.39. The lowest BCUT2D eigenvalue weighted by Gasteiger charge is -2.50. The Bertz CT molecular complexity index is 1070. The summed E-state index contributed by atoms with van der Waals surface area (Å²) in [6.07, 6.45) is 7.74.